The Bertz CT molecular complexity index is 813. The van der Waals surface area contributed by atoms with Crippen LogP contribution in [0.5, 0.6) is 11.5 Å². The van der Waals surface area contributed by atoms with Gasteiger partial charge in [0.25, 0.3) is 0 Å². The Morgan fingerprint density at radius 3 is 2.86 bits per heavy atom. The molecule has 1 unspecified atom stereocenters. The molecule has 3 aliphatic rings. The normalized spacial score (nSPS) is 34.7. The number of phenols is 1. The molecule has 0 radical (unpaired) electrons. The van der Waals surface area contributed by atoms with Crippen LogP contribution in [-0.4, -0.2) is 42.5 Å². The van der Waals surface area contributed by atoms with Crippen LogP contribution >= 0.6 is 11.6 Å². The number of phenolic OH excluding ortho intramolecular Hbond substituents is 1. The van der Waals surface area contributed by atoms with Crippen LogP contribution in [0.15, 0.2) is 12.1 Å². The summed E-state index contributed by atoms with van der Waals surface area (Å²) in [7, 11) is 1.52. The fraction of sp³-hybridized carbons (Fsp3) is 0.682. The number of hydrogen-bond donors (Lipinski definition) is 3. The van der Waals surface area contributed by atoms with Gasteiger partial charge in [-0.2, -0.15) is 0 Å². The number of methoxy groups -OCH3 is 1. The van der Waals surface area contributed by atoms with Gasteiger partial charge in [0.2, 0.25) is 5.91 Å². The van der Waals surface area contributed by atoms with Crippen molar-refractivity contribution in [1.82, 2.24) is 5.32 Å². The third kappa shape index (κ3) is 3.11. The number of aromatic hydroxyl groups is 1. The van der Waals surface area contributed by atoms with Gasteiger partial charge in [-0.15, -0.1) is 0 Å². The predicted octanol–water partition coefficient (Wildman–Crippen LogP) is 3.44. The SMILES string of the molecule is COc1cc([C@H]2OCCC34C[C@@H](C[C@H]23)C(C)(C)[C@@H]4NC(=O)CCO)c(Cl)cc1O. The summed E-state index contributed by atoms with van der Waals surface area (Å²) in [6, 6.07) is 3.32. The second-order valence-corrected chi connectivity index (χ2v) is 9.77. The highest BCUT2D eigenvalue weighted by Gasteiger charge is 2.68. The summed E-state index contributed by atoms with van der Waals surface area (Å²) in [6.45, 7) is 4.93. The topological polar surface area (TPSA) is 88.0 Å². The fourth-order valence-corrected chi connectivity index (χ4v) is 6.64. The molecule has 1 aromatic rings. The largest absolute Gasteiger partial charge is 0.504 e. The molecular weight excluding hydrogens is 394 g/mol. The lowest BCUT2D eigenvalue weighted by Gasteiger charge is -2.53. The highest BCUT2D eigenvalue weighted by Crippen LogP contribution is 2.70. The summed E-state index contributed by atoms with van der Waals surface area (Å²) in [5, 5.41) is 22.9. The number of hydrogen-bond acceptors (Lipinski definition) is 5. The van der Waals surface area contributed by atoms with Crippen molar-refractivity contribution in [3.05, 3.63) is 22.7 Å². The number of rotatable bonds is 5. The minimum atomic E-state index is -0.205. The molecule has 2 saturated carbocycles. The molecule has 1 amide bonds. The summed E-state index contributed by atoms with van der Waals surface area (Å²) in [5.41, 5.74) is 0.757. The average Bonchev–Trinajstić information content (AvgIpc) is 3.15. The Kier molecular flexibility index (Phi) is 5.24. The van der Waals surface area contributed by atoms with Crippen LogP contribution in [-0.2, 0) is 9.53 Å². The molecule has 29 heavy (non-hydrogen) atoms. The summed E-state index contributed by atoms with van der Waals surface area (Å²) < 4.78 is 11.5. The number of aliphatic hydroxyl groups excluding tert-OH is 1. The van der Waals surface area contributed by atoms with Gasteiger partial charge in [-0.25, -0.2) is 0 Å². The van der Waals surface area contributed by atoms with E-state index in [9.17, 15) is 9.90 Å². The molecule has 4 rings (SSSR count). The number of carbonyl (C=O) groups excluding carboxylic acids is 1. The lowest BCUT2D eigenvalue weighted by molar-refractivity contribution is -0.137. The van der Waals surface area contributed by atoms with Crippen LogP contribution in [0, 0.1) is 22.7 Å². The monoisotopic (exact) mass is 423 g/mol. The van der Waals surface area contributed by atoms with Gasteiger partial charge in [0.05, 0.1) is 24.8 Å². The van der Waals surface area contributed by atoms with E-state index in [0.29, 0.717) is 23.3 Å². The Morgan fingerprint density at radius 1 is 1.41 bits per heavy atom. The molecule has 1 aromatic carbocycles. The van der Waals surface area contributed by atoms with E-state index in [1.165, 1.54) is 13.2 Å². The second kappa shape index (κ2) is 7.33. The Hall–Kier alpha value is -1.50. The summed E-state index contributed by atoms with van der Waals surface area (Å²) >= 11 is 6.51. The molecule has 2 aliphatic carbocycles. The van der Waals surface area contributed by atoms with Crippen LogP contribution in [0.3, 0.4) is 0 Å². The van der Waals surface area contributed by atoms with Gasteiger partial charge in [-0.3, -0.25) is 4.79 Å². The summed E-state index contributed by atoms with van der Waals surface area (Å²) in [6.07, 6.45) is 2.89. The average molecular weight is 424 g/mol. The van der Waals surface area contributed by atoms with E-state index in [1.54, 1.807) is 6.07 Å². The van der Waals surface area contributed by atoms with Crippen molar-refractivity contribution < 1.29 is 24.5 Å². The van der Waals surface area contributed by atoms with Gasteiger partial charge in [-0.1, -0.05) is 25.4 Å². The number of halogens is 1. The number of ether oxygens (including phenoxy) is 2. The van der Waals surface area contributed by atoms with E-state index in [0.717, 1.165) is 24.8 Å². The fourth-order valence-electron chi connectivity index (χ4n) is 6.37. The third-order valence-corrected chi connectivity index (χ3v) is 8.08. The van der Waals surface area contributed by atoms with Crippen molar-refractivity contribution in [3.8, 4) is 11.5 Å². The van der Waals surface area contributed by atoms with Gasteiger partial charge in [-0.05, 0) is 48.0 Å². The number of benzene rings is 1. The minimum absolute atomic E-state index is 0.00925. The van der Waals surface area contributed by atoms with Gasteiger partial charge >= 0.3 is 0 Å². The van der Waals surface area contributed by atoms with E-state index in [4.69, 9.17) is 26.2 Å². The number of fused-ring (bicyclic) bond motifs is 1. The quantitative estimate of drug-likeness (QED) is 0.675. The number of aliphatic hydroxyl groups is 1. The van der Waals surface area contributed by atoms with Crippen LogP contribution in [0.25, 0.3) is 0 Å². The maximum atomic E-state index is 12.4. The summed E-state index contributed by atoms with van der Waals surface area (Å²) in [4.78, 5) is 12.4. The molecule has 6 nitrogen and oxygen atoms in total. The van der Waals surface area contributed by atoms with E-state index >= 15 is 0 Å². The lowest BCUT2D eigenvalue weighted by atomic mass is 9.58. The highest BCUT2D eigenvalue weighted by atomic mass is 35.5. The van der Waals surface area contributed by atoms with Crippen molar-refractivity contribution in [3.63, 3.8) is 0 Å². The van der Waals surface area contributed by atoms with Gasteiger partial charge < -0.3 is 25.0 Å². The molecule has 7 heteroatoms. The van der Waals surface area contributed by atoms with E-state index in [2.05, 4.69) is 19.2 Å². The van der Waals surface area contributed by atoms with Gasteiger partial charge in [0.15, 0.2) is 11.5 Å². The van der Waals surface area contributed by atoms with Gasteiger partial charge in [0, 0.05) is 30.7 Å². The molecule has 1 spiro atoms. The molecular formula is C22H30ClNO5. The van der Waals surface area contributed by atoms with Crippen molar-refractivity contribution in [2.75, 3.05) is 20.3 Å². The first-order chi connectivity index (χ1) is 13.7. The van der Waals surface area contributed by atoms with Crippen LogP contribution in [0.2, 0.25) is 5.02 Å². The van der Waals surface area contributed by atoms with Crippen molar-refractivity contribution in [2.45, 2.75) is 51.7 Å². The van der Waals surface area contributed by atoms with Crippen molar-refractivity contribution in [1.29, 1.82) is 0 Å². The molecule has 160 valence electrons. The lowest BCUT2D eigenvalue weighted by Crippen LogP contribution is -2.59. The van der Waals surface area contributed by atoms with Gasteiger partial charge in [0.1, 0.15) is 0 Å². The standard InChI is InChI=1S/C22H30ClNO5/c1-21(2)12-8-14-19(13-9-17(28-3)16(26)10-15(13)23)29-7-5-22(14,11-12)20(21)24-18(27)4-6-25/h9-10,12,14,19-20,25-26H,4-8,11H2,1-3H3,(H,24,27)/t12-,14-,19-,20+,22?/m1/s1. The first-order valence-corrected chi connectivity index (χ1v) is 10.7. The molecule has 1 aliphatic heterocycles. The Labute approximate surface area is 176 Å². The first-order valence-electron chi connectivity index (χ1n) is 10.3. The van der Waals surface area contributed by atoms with Crippen LogP contribution in [0.4, 0.5) is 0 Å². The zero-order chi connectivity index (χ0) is 21.0. The van der Waals surface area contributed by atoms with Crippen LogP contribution in [0.1, 0.15) is 51.2 Å². The molecule has 3 fully saturated rings. The predicted molar refractivity (Wildman–Crippen MR) is 109 cm³/mol. The first kappa shape index (κ1) is 20.8. The maximum absolute atomic E-state index is 12.4. The second-order valence-electron chi connectivity index (χ2n) is 9.36. The number of amides is 1. The maximum Gasteiger partial charge on any atom is 0.222 e. The summed E-state index contributed by atoms with van der Waals surface area (Å²) in [5.74, 6) is 0.992. The molecule has 5 atom stereocenters. The van der Waals surface area contributed by atoms with Crippen molar-refractivity contribution >= 4 is 17.5 Å². The number of carbonyl (C=O) groups is 1. The molecule has 0 aromatic heterocycles. The third-order valence-electron chi connectivity index (χ3n) is 7.75. The molecule has 2 bridgehead atoms. The van der Waals surface area contributed by atoms with E-state index in [1.807, 2.05) is 0 Å². The zero-order valence-corrected chi connectivity index (χ0v) is 18.0. The molecule has 1 saturated heterocycles. The van der Waals surface area contributed by atoms with Crippen LogP contribution < -0.4 is 10.1 Å². The van der Waals surface area contributed by atoms with E-state index in [-0.39, 0.29) is 53.6 Å². The number of nitrogens with one attached hydrogen (secondary N) is 1. The zero-order valence-electron chi connectivity index (χ0n) is 17.2. The minimum Gasteiger partial charge on any atom is -0.504 e. The Balaban J connectivity index is 1.70. The molecule has 3 N–H and O–H groups in total. The molecule has 1 heterocycles. The van der Waals surface area contributed by atoms with E-state index < -0.39 is 0 Å². The highest BCUT2D eigenvalue weighted by molar-refractivity contribution is 6.31. The Morgan fingerprint density at radius 2 is 2.17 bits per heavy atom. The van der Waals surface area contributed by atoms with Crippen molar-refractivity contribution in [2.24, 2.45) is 22.7 Å². The smallest absolute Gasteiger partial charge is 0.222 e.